The van der Waals surface area contributed by atoms with E-state index in [4.69, 9.17) is 26.2 Å². The van der Waals surface area contributed by atoms with Gasteiger partial charge in [-0.2, -0.15) is 0 Å². The highest BCUT2D eigenvalue weighted by atomic mass is 32.1. The van der Waals surface area contributed by atoms with Crippen molar-refractivity contribution in [1.82, 2.24) is 15.5 Å². The summed E-state index contributed by atoms with van der Waals surface area (Å²) in [4.78, 5) is 16.5. The van der Waals surface area contributed by atoms with Gasteiger partial charge in [0.15, 0.2) is 10.9 Å². The fourth-order valence-corrected chi connectivity index (χ4v) is 4.21. The zero-order valence-corrected chi connectivity index (χ0v) is 19.3. The summed E-state index contributed by atoms with van der Waals surface area (Å²) in [5.41, 5.74) is 2.85. The zero-order chi connectivity index (χ0) is 23.4. The van der Waals surface area contributed by atoms with E-state index in [1.165, 1.54) is 37.7 Å². The molecular formula is C22H19FN4O4S2. The number of rotatable bonds is 8. The van der Waals surface area contributed by atoms with Gasteiger partial charge in [0.05, 0.1) is 23.9 Å². The average molecular weight is 487 g/mol. The van der Waals surface area contributed by atoms with Crippen LogP contribution in [0.4, 0.5) is 15.2 Å². The number of carbonyl (C=O) groups excluding carboxylic acids is 1. The highest BCUT2D eigenvalue weighted by Crippen LogP contribution is 2.30. The van der Waals surface area contributed by atoms with E-state index in [2.05, 4.69) is 20.8 Å². The van der Waals surface area contributed by atoms with E-state index in [-0.39, 0.29) is 17.4 Å². The third-order valence-electron chi connectivity index (χ3n) is 4.62. The molecule has 2 N–H and O–H groups in total. The van der Waals surface area contributed by atoms with Gasteiger partial charge in [-0.1, -0.05) is 40.8 Å². The number of thiazole rings is 1. The first-order valence-electron chi connectivity index (χ1n) is 9.74. The molecule has 0 amide bonds. The number of thiocarbonyl (C=S) groups is 1. The molecule has 0 unspecified atom stereocenters. The highest BCUT2D eigenvalue weighted by molar-refractivity contribution is 7.80. The second kappa shape index (κ2) is 10.0. The van der Waals surface area contributed by atoms with E-state index in [1.54, 1.807) is 12.1 Å². The summed E-state index contributed by atoms with van der Waals surface area (Å²) in [6.45, 7) is 0.0833. The topological polar surface area (TPSA) is 98.5 Å². The number of hydrogen-bond donors (Lipinski definition) is 2. The second-order valence-electron chi connectivity index (χ2n) is 6.92. The fourth-order valence-electron chi connectivity index (χ4n) is 3.06. The summed E-state index contributed by atoms with van der Waals surface area (Å²) in [7, 11) is 2.76. The summed E-state index contributed by atoms with van der Waals surface area (Å²) in [6.07, 6.45) is 0. The van der Waals surface area contributed by atoms with Crippen molar-refractivity contribution in [3.05, 3.63) is 60.1 Å². The molecule has 170 valence electrons. The van der Waals surface area contributed by atoms with Crippen LogP contribution < -0.4 is 10.6 Å². The Labute approximate surface area is 197 Å². The first-order chi connectivity index (χ1) is 16.0. The van der Waals surface area contributed by atoms with Crippen LogP contribution in [0.3, 0.4) is 0 Å². The molecule has 11 heteroatoms. The predicted molar refractivity (Wildman–Crippen MR) is 127 cm³/mol. The maximum Gasteiger partial charge on any atom is 0.330 e. The van der Waals surface area contributed by atoms with Crippen LogP contribution in [0.2, 0.25) is 0 Å². The van der Waals surface area contributed by atoms with Crippen LogP contribution in [0.25, 0.3) is 21.5 Å². The molecule has 1 atom stereocenters. The molecule has 0 aliphatic rings. The number of fused-ring (bicyclic) bond motifs is 1. The second-order valence-corrected chi connectivity index (χ2v) is 8.36. The molecule has 0 aliphatic heterocycles. The van der Waals surface area contributed by atoms with Gasteiger partial charge in [-0.05, 0) is 30.3 Å². The third kappa shape index (κ3) is 5.33. The number of methoxy groups -OCH3 is 2. The Morgan fingerprint density at radius 3 is 2.88 bits per heavy atom. The number of esters is 1. The van der Waals surface area contributed by atoms with Crippen LogP contribution in [0.15, 0.2) is 53.1 Å². The quantitative estimate of drug-likeness (QED) is 0.279. The molecule has 2 aromatic carbocycles. The Balaban J connectivity index is 1.49. The number of carbonyl (C=O) groups is 1. The molecule has 2 aromatic heterocycles. The van der Waals surface area contributed by atoms with E-state index < -0.39 is 12.0 Å². The van der Waals surface area contributed by atoms with Gasteiger partial charge < -0.3 is 24.6 Å². The summed E-state index contributed by atoms with van der Waals surface area (Å²) in [6, 6.07) is 12.9. The number of aromatic nitrogens is 2. The van der Waals surface area contributed by atoms with E-state index in [0.29, 0.717) is 16.6 Å². The Bertz CT molecular complexity index is 1310. The van der Waals surface area contributed by atoms with E-state index >= 15 is 0 Å². The molecule has 0 bridgehead atoms. The molecule has 0 fully saturated rings. The number of hydrogen-bond acceptors (Lipinski definition) is 9. The van der Waals surface area contributed by atoms with Crippen LogP contribution in [-0.4, -0.2) is 48.0 Å². The lowest BCUT2D eigenvalue weighted by Gasteiger charge is -2.15. The van der Waals surface area contributed by atoms with Crippen LogP contribution in [0.5, 0.6) is 0 Å². The normalized spacial score (nSPS) is 11.8. The van der Waals surface area contributed by atoms with Crippen molar-refractivity contribution in [2.75, 3.05) is 26.1 Å². The van der Waals surface area contributed by atoms with Gasteiger partial charge in [-0.15, -0.1) is 0 Å². The molecule has 0 saturated carbocycles. The molecule has 4 aromatic rings. The minimum absolute atomic E-state index is 0.0833. The summed E-state index contributed by atoms with van der Waals surface area (Å²) in [5.74, 6) is -0.499. The van der Waals surface area contributed by atoms with Crippen LogP contribution >= 0.6 is 23.6 Å². The van der Waals surface area contributed by atoms with Gasteiger partial charge in [0.1, 0.15) is 22.5 Å². The number of nitrogens with one attached hydrogen (secondary N) is 2. The Hall–Kier alpha value is -3.41. The summed E-state index contributed by atoms with van der Waals surface area (Å²) in [5, 5.41) is 10.8. The zero-order valence-electron chi connectivity index (χ0n) is 17.6. The van der Waals surface area contributed by atoms with Crippen molar-refractivity contribution < 1.29 is 23.2 Å². The number of benzene rings is 2. The van der Waals surface area contributed by atoms with Gasteiger partial charge in [-0.3, -0.25) is 0 Å². The molecule has 33 heavy (non-hydrogen) atoms. The van der Waals surface area contributed by atoms with Crippen molar-refractivity contribution in [2.24, 2.45) is 0 Å². The third-order valence-corrected chi connectivity index (χ3v) is 5.87. The minimum Gasteiger partial charge on any atom is -0.467 e. The average Bonchev–Trinajstić information content (AvgIpc) is 3.45. The summed E-state index contributed by atoms with van der Waals surface area (Å²) >= 11 is 6.70. The van der Waals surface area contributed by atoms with Gasteiger partial charge in [0.2, 0.25) is 0 Å². The van der Waals surface area contributed by atoms with Crippen molar-refractivity contribution >= 4 is 55.5 Å². The van der Waals surface area contributed by atoms with Crippen molar-refractivity contribution in [3.63, 3.8) is 0 Å². The van der Waals surface area contributed by atoms with Gasteiger partial charge >= 0.3 is 5.97 Å². The first-order valence-corrected chi connectivity index (χ1v) is 11.0. The summed E-state index contributed by atoms with van der Waals surface area (Å²) < 4.78 is 29.3. The van der Waals surface area contributed by atoms with Gasteiger partial charge in [-0.25, -0.2) is 14.2 Å². The highest BCUT2D eigenvalue weighted by Gasteiger charge is 2.22. The monoisotopic (exact) mass is 486 g/mol. The van der Waals surface area contributed by atoms with Crippen molar-refractivity contribution in [3.8, 4) is 11.3 Å². The predicted octanol–water partition coefficient (Wildman–Crippen LogP) is 4.29. The smallest absolute Gasteiger partial charge is 0.330 e. The fraction of sp³-hybridized carbons (Fsp3) is 0.182. The lowest BCUT2D eigenvalue weighted by molar-refractivity contribution is -0.143. The SMILES string of the molecule is COC[C@H](NC(=S)c1cc(-c2cccc(Nc3nc4ccc(F)cc4s3)c2)no1)C(=O)OC. The largest absolute Gasteiger partial charge is 0.467 e. The van der Waals surface area contributed by atoms with Gasteiger partial charge in [0.25, 0.3) is 0 Å². The van der Waals surface area contributed by atoms with Crippen molar-refractivity contribution in [2.45, 2.75) is 6.04 Å². The number of halogens is 1. The molecule has 0 spiro atoms. The van der Waals surface area contributed by atoms with Crippen LogP contribution in [-0.2, 0) is 14.3 Å². The number of nitrogens with zero attached hydrogens (tertiary/aromatic N) is 2. The van der Waals surface area contributed by atoms with Crippen molar-refractivity contribution in [1.29, 1.82) is 0 Å². The van der Waals surface area contributed by atoms with Gasteiger partial charge in [0, 0.05) is 24.4 Å². The maximum atomic E-state index is 13.4. The Morgan fingerprint density at radius 2 is 2.09 bits per heavy atom. The molecule has 0 aliphatic carbocycles. The first kappa shape index (κ1) is 22.8. The molecule has 0 saturated heterocycles. The lowest BCUT2D eigenvalue weighted by atomic mass is 10.1. The molecule has 2 heterocycles. The maximum absolute atomic E-state index is 13.4. The van der Waals surface area contributed by atoms with Crippen LogP contribution in [0.1, 0.15) is 5.76 Å². The lowest BCUT2D eigenvalue weighted by Crippen LogP contribution is -2.44. The Morgan fingerprint density at radius 1 is 1.24 bits per heavy atom. The van der Waals surface area contributed by atoms with E-state index in [0.717, 1.165) is 21.5 Å². The van der Waals surface area contributed by atoms with Crippen LogP contribution in [0, 0.1) is 5.82 Å². The minimum atomic E-state index is -0.768. The van der Waals surface area contributed by atoms with E-state index in [9.17, 15) is 9.18 Å². The molecule has 8 nitrogen and oxygen atoms in total. The Kier molecular flexibility index (Phi) is 6.92. The standard InChI is InChI=1S/C22H19FN4O4S2/c1-29-11-17(21(28)30-2)25-20(32)18-10-16(27-31-18)12-4-3-5-14(8-12)24-22-26-15-7-6-13(23)9-19(15)33-22/h3-10,17H,11H2,1-2H3,(H,24,26)(H,25,32)/t17-/m0/s1. The molecular weight excluding hydrogens is 467 g/mol. The van der Waals surface area contributed by atoms with E-state index in [1.807, 2.05) is 24.3 Å². The number of anilines is 2. The molecule has 4 rings (SSSR count). The molecule has 0 radical (unpaired) electrons. The number of ether oxygens (including phenoxy) is 2.